The predicted molar refractivity (Wildman–Crippen MR) is 83.6 cm³/mol. The monoisotopic (exact) mass is 307 g/mol. The number of hydrogen-bond acceptors (Lipinski definition) is 3. The van der Waals surface area contributed by atoms with Crippen LogP contribution in [-0.4, -0.2) is 10.7 Å². The highest BCUT2D eigenvalue weighted by molar-refractivity contribution is 7.99. The SMILES string of the molecule is Cc1ccc(C(Cl)CSc2ccc([N+](=O)[O-])cc2)cc1. The first-order valence-corrected chi connectivity index (χ1v) is 7.56. The van der Waals surface area contributed by atoms with E-state index in [0.29, 0.717) is 0 Å². The second kappa shape index (κ2) is 6.77. The molecule has 0 saturated carbocycles. The fraction of sp³-hybridized carbons (Fsp3) is 0.200. The van der Waals surface area contributed by atoms with Crippen LogP contribution in [0.25, 0.3) is 0 Å². The summed E-state index contributed by atoms with van der Waals surface area (Å²) in [5.41, 5.74) is 2.41. The molecule has 0 N–H and O–H groups in total. The van der Waals surface area contributed by atoms with Gasteiger partial charge in [0.05, 0.1) is 10.3 Å². The van der Waals surface area contributed by atoms with E-state index in [0.717, 1.165) is 16.2 Å². The number of nitro groups is 1. The number of benzene rings is 2. The quantitative estimate of drug-likeness (QED) is 0.339. The van der Waals surface area contributed by atoms with Gasteiger partial charge in [0.15, 0.2) is 0 Å². The van der Waals surface area contributed by atoms with Crippen molar-refractivity contribution in [2.45, 2.75) is 17.2 Å². The number of aryl methyl sites for hydroxylation is 1. The molecule has 1 unspecified atom stereocenters. The molecule has 0 spiro atoms. The van der Waals surface area contributed by atoms with Crippen LogP contribution in [0.15, 0.2) is 53.4 Å². The number of nitrogens with zero attached hydrogens (tertiary/aromatic N) is 1. The molecule has 0 aliphatic rings. The van der Waals surface area contributed by atoms with Gasteiger partial charge in [-0.15, -0.1) is 23.4 Å². The van der Waals surface area contributed by atoms with Crippen molar-refractivity contribution >= 4 is 29.1 Å². The molecule has 2 aromatic carbocycles. The zero-order chi connectivity index (χ0) is 14.5. The van der Waals surface area contributed by atoms with E-state index in [1.807, 2.05) is 31.2 Å². The Bertz CT molecular complexity index is 584. The van der Waals surface area contributed by atoms with Gasteiger partial charge in [0.2, 0.25) is 0 Å². The topological polar surface area (TPSA) is 43.1 Å². The van der Waals surface area contributed by atoms with Crippen molar-refractivity contribution in [1.82, 2.24) is 0 Å². The maximum Gasteiger partial charge on any atom is 0.269 e. The van der Waals surface area contributed by atoms with Crippen LogP contribution in [0.5, 0.6) is 0 Å². The molecule has 0 amide bonds. The predicted octanol–water partition coefficient (Wildman–Crippen LogP) is 4.98. The third-order valence-electron chi connectivity index (χ3n) is 2.88. The number of thioether (sulfide) groups is 1. The zero-order valence-corrected chi connectivity index (χ0v) is 12.5. The van der Waals surface area contributed by atoms with Gasteiger partial charge in [0.25, 0.3) is 5.69 Å². The molecule has 3 nitrogen and oxygen atoms in total. The van der Waals surface area contributed by atoms with E-state index in [-0.39, 0.29) is 11.1 Å². The lowest BCUT2D eigenvalue weighted by Gasteiger charge is -2.09. The molecule has 5 heteroatoms. The van der Waals surface area contributed by atoms with Crippen molar-refractivity contribution in [3.05, 3.63) is 69.8 Å². The molecule has 0 fully saturated rings. The van der Waals surface area contributed by atoms with Crippen LogP contribution in [0.4, 0.5) is 5.69 Å². The largest absolute Gasteiger partial charge is 0.269 e. The number of nitro benzene ring substituents is 1. The minimum absolute atomic E-state index is 0.0733. The Labute approximate surface area is 127 Å². The van der Waals surface area contributed by atoms with Crippen LogP contribution in [0, 0.1) is 17.0 Å². The van der Waals surface area contributed by atoms with E-state index in [4.69, 9.17) is 11.6 Å². The molecule has 1 atom stereocenters. The normalized spacial score (nSPS) is 12.1. The average Bonchev–Trinajstić information content (AvgIpc) is 2.46. The Hall–Kier alpha value is -1.52. The number of hydrogen-bond donors (Lipinski definition) is 0. The average molecular weight is 308 g/mol. The third-order valence-corrected chi connectivity index (χ3v) is 4.58. The molecule has 0 radical (unpaired) electrons. The second-order valence-electron chi connectivity index (χ2n) is 4.44. The van der Waals surface area contributed by atoms with Crippen molar-refractivity contribution in [3.63, 3.8) is 0 Å². The first kappa shape index (κ1) is 14.9. The Balaban J connectivity index is 1.94. The van der Waals surface area contributed by atoms with Gasteiger partial charge in [-0.05, 0) is 24.6 Å². The fourth-order valence-corrected chi connectivity index (χ4v) is 2.90. The van der Waals surface area contributed by atoms with Crippen molar-refractivity contribution in [2.24, 2.45) is 0 Å². The van der Waals surface area contributed by atoms with Crippen LogP contribution in [0.1, 0.15) is 16.5 Å². The lowest BCUT2D eigenvalue weighted by molar-refractivity contribution is -0.384. The molecular weight excluding hydrogens is 294 g/mol. The molecule has 0 bridgehead atoms. The fourth-order valence-electron chi connectivity index (χ4n) is 1.70. The van der Waals surface area contributed by atoms with Gasteiger partial charge in [0.1, 0.15) is 0 Å². The lowest BCUT2D eigenvalue weighted by Crippen LogP contribution is -1.94. The number of alkyl halides is 1. The summed E-state index contributed by atoms with van der Waals surface area (Å²) in [6.45, 7) is 2.04. The van der Waals surface area contributed by atoms with Crippen LogP contribution < -0.4 is 0 Å². The highest BCUT2D eigenvalue weighted by Crippen LogP contribution is 2.30. The van der Waals surface area contributed by atoms with Gasteiger partial charge in [0, 0.05) is 22.8 Å². The summed E-state index contributed by atoms with van der Waals surface area (Å²) in [6, 6.07) is 14.7. The molecule has 2 rings (SSSR count). The third kappa shape index (κ3) is 3.99. The smallest absolute Gasteiger partial charge is 0.258 e. The molecule has 0 saturated heterocycles. The van der Waals surface area contributed by atoms with E-state index >= 15 is 0 Å². The molecule has 20 heavy (non-hydrogen) atoms. The van der Waals surface area contributed by atoms with Gasteiger partial charge in [-0.1, -0.05) is 29.8 Å². The molecule has 2 aromatic rings. The zero-order valence-electron chi connectivity index (χ0n) is 11.0. The Kier molecular flexibility index (Phi) is 5.04. The van der Waals surface area contributed by atoms with Crippen molar-refractivity contribution in [1.29, 1.82) is 0 Å². The van der Waals surface area contributed by atoms with Crippen LogP contribution in [-0.2, 0) is 0 Å². The lowest BCUT2D eigenvalue weighted by atomic mass is 10.1. The minimum atomic E-state index is -0.398. The highest BCUT2D eigenvalue weighted by Gasteiger charge is 2.09. The van der Waals surface area contributed by atoms with Gasteiger partial charge in [-0.25, -0.2) is 0 Å². The summed E-state index contributed by atoms with van der Waals surface area (Å²) in [6.07, 6.45) is 0. The molecule has 0 aliphatic carbocycles. The second-order valence-corrected chi connectivity index (χ2v) is 6.06. The van der Waals surface area contributed by atoms with Gasteiger partial charge < -0.3 is 0 Å². The number of rotatable bonds is 5. The summed E-state index contributed by atoms with van der Waals surface area (Å²) >= 11 is 7.95. The van der Waals surface area contributed by atoms with Crippen LogP contribution in [0.2, 0.25) is 0 Å². The summed E-state index contributed by atoms with van der Waals surface area (Å²) in [5.74, 6) is 0.725. The Morgan fingerprint density at radius 2 is 1.75 bits per heavy atom. The summed E-state index contributed by atoms with van der Waals surface area (Å²) in [7, 11) is 0. The Morgan fingerprint density at radius 3 is 2.30 bits per heavy atom. The maximum atomic E-state index is 10.6. The number of halogens is 1. The van der Waals surface area contributed by atoms with E-state index in [1.165, 1.54) is 17.7 Å². The first-order valence-electron chi connectivity index (χ1n) is 6.14. The molecule has 0 aromatic heterocycles. The van der Waals surface area contributed by atoms with Crippen LogP contribution >= 0.6 is 23.4 Å². The van der Waals surface area contributed by atoms with E-state index in [9.17, 15) is 10.1 Å². The summed E-state index contributed by atoms with van der Waals surface area (Å²) < 4.78 is 0. The molecule has 104 valence electrons. The molecule has 0 heterocycles. The summed E-state index contributed by atoms with van der Waals surface area (Å²) in [4.78, 5) is 11.2. The van der Waals surface area contributed by atoms with Crippen molar-refractivity contribution in [3.8, 4) is 0 Å². The first-order chi connectivity index (χ1) is 9.56. The molecular formula is C15H14ClNO2S. The highest BCUT2D eigenvalue weighted by atomic mass is 35.5. The van der Waals surface area contributed by atoms with E-state index in [2.05, 4.69) is 0 Å². The molecule has 0 aliphatic heterocycles. The summed E-state index contributed by atoms with van der Waals surface area (Å²) in [5, 5.41) is 10.5. The van der Waals surface area contributed by atoms with Crippen molar-refractivity contribution < 1.29 is 4.92 Å². The van der Waals surface area contributed by atoms with Crippen LogP contribution in [0.3, 0.4) is 0 Å². The van der Waals surface area contributed by atoms with E-state index in [1.54, 1.807) is 23.9 Å². The van der Waals surface area contributed by atoms with Gasteiger partial charge >= 0.3 is 0 Å². The Morgan fingerprint density at radius 1 is 1.15 bits per heavy atom. The minimum Gasteiger partial charge on any atom is -0.258 e. The van der Waals surface area contributed by atoms with E-state index < -0.39 is 4.92 Å². The number of non-ortho nitro benzene ring substituents is 1. The standard InChI is InChI=1S/C15H14ClNO2S/c1-11-2-4-12(5-3-11)15(16)10-20-14-8-6-13(7-9-14)17(18)19/h2-9,15H,10H2,1H3. The van der Waals surface area contributed by atoms with Crippen molar-refractivity contribution in [2.75, 3.05) is 5.75 Å². The maximum absolute atomic E-state index is 10.6. The van der Waals surface area contributed by atoms with Gasteiger partial charge in [-0.3, -0.25) is 10.1 Å². The van der Waals surface area contributed by atoms with Gasteiger partial charge in [-0.2, -0.15) is 0 Å².